The monoisotopic (exact) mass is 491 g/mol. The van der Waals surface area contributed by atoms with E-state index in [4.69, 9.17) is 13.1 Å². The van der Waals surface area contributed by atoms with Gasteiger partial charge in [-0.15, -0.1) is 0 Å². The van der Waals surface area contributed by atoms with Crippen molar-refractivity contribution in [1.82, 2.24) is 5.32 Å². The second-order valence-corrected chi connectivity index (χ2v) is 9.23. The van der Waals surface area contributed by atoms with Gasteiger partial charge in [-0.1, -0.05) is 24.3 Å². The second-order valence-electron chi connectivity index (χ2n) is 9.23. The highest BCUT2D eigenvalue weighted by molar-refractivity contribution is 5.75. The number of hydrogen-bond acceptors (Lipinski definition) is 5. The molecule has 2 aromatic carbocycles. The Morgan fingerprint density at radius 3 is 1.50 bits per heavy atom. The van der Waals surface area contributed by atoms with Crippen LogP contribution in [0.15, 0.2) is 48.5 Å². The number of nitrogens with one attached hydrogen (secondary N) is 3. The normalized spacial score (nSPS) is 10.6. The maximum Gasteiger partial charge on any atom is 0.305 e. The number of aryl methyl sites for hydroxylation is 2. The SMILES string of the molecule is [C-]#[N+]C(C)(C)Nc1ccc(CCC(=O)NC)cc1.[C-]#[N+]C(C)(C)Nc1ccc(CCC(=O)OC)cc1. The van der Waals surface area contributed by atoms with Crippen LogP contribution in [0.25, 0.3) is 9.69 Å². The first kappa shape index (κ1) is 30.0. The topological polar surface area (TPSA) is 88.2 Å². The Bertz CT molecular complexity index is 975. The van der Waals surface area contributed by atoms with E-state index >= 15 is 0 Å². The predicted octanol–water partition coefficient (Wildman–Crippen LogP) is 5.29. The van der Waals surface area contributed by atoms with Gasteiger partial charge in [-0.25, -0.2) is 13.1 Å². The molecule has 0 fully saturated rings. The molecule has 1 amide bonds. The molecule has 0 heterocycles. The summed E-state index contributed by atoms with van der Waals surface area (Å²) < 4.78 is 4.59. The van der Waals surface area contributed by atoms with Gasteiger partial charge in [0.25, 0.3) is 11.3 Å². The molecule has 36 heavy (non-hydrogen) atoms. The summed E-state index contributed by atoms with van der Waals surface area (Å²) in [5, 5.41) is 8.86. The molecule has 0 saturated heterocycles. The van der Waals surface area contributed by atoms with Crippen molar-refractivity contribution in [2.45, 2.75) is 64.7 Å². The van der Waals surface area contributed by atoms with Crippen LogP contribution in [-0.4, -0.2) is 37.4 Å². The highest BCUT2D eigenvalue weighted by atomic mass is 16.5. The van der Waals surface area contributed by atoms with Gasteiger partial charge in [0.15, 0.2) is 0 Å². The van der Waals surface area contributed by atoms with Crippen molar-refractivity contribution in [2.24, 2.45) is 0 Å². The zero-order valence-electron chi connectivity index (χ0n) is 22.1. The summed E-state index contributed by atoms with van der Waals surface area (Å²) in [4.78, 5) is 29.1. The molecular formula is C28H37N5O3. The number of rotatable bonds is 10. The van der Waals surface area contributed by atoms with E-state index in [1.54, 1.807) is 7.05 Å². The van der Waals surface area contributed by atoms with Gasteiger partial charge in [-0.2, -0.15) is 0 Å². The minimum Gasteiger partial charge on any atom is -0.469 e. The number of anilines is 2. The number of benzene rings is 2. The van der Waals surface area contributed by atoms with Gasteiger partial charge in [0, 0.05) is 59.0 Å². The average Bonchev–Trinajstić information content (AvgIpc) is 2.87. The first-order valence-corrected chi connectivity index (χ1v) is 11.7. The van der Waals surface area contributed by atoms with E-state index in [0.29, 0.717) is 19.3 Å². The summed E-state index contributed by atoms with van der Waals surface area (Å²) in [7, 11) is 3.03. The Hall–Kier alpha value is -4.04. The fourth-order valence-electron chi connectivity index (χ4n) is 3.00. The highest BCUT2D eigenvalue weighted by Gasteiger charge is 2.22. The van der Waals surface area contributed by atoms with Gasteiger partial charge < -0.3 is 20.7 Å². The van der Waals surface area contributed by atoms with E-state index in [2.05, 4.69) is 30.4 Å². The molecule has 2 rings (SSSR count). The average molecular weight is 492 g/mol. The molecule has 8 heteroatoms. The van der Waals surface area contributed by atoms with Crippen LogP contribution in [0.4, 0.5) is 11.4 Å². The Labute approximate surface area is 215 Å². The summed E-state index contributed by atoms with van der Waals surface area (Å²) >= 11 is 0. The molecule has 0 saturated carbocycles. The Balaban J connectivity index is 0.000000360. The summed E-state index contributed by atoms with van der Waals surface area (Å²) in [6.45, 7) is 21.4. The predicted molar refractivity (Wildman–Crippen MR) is 144 cm³/mol. The quantitative estimate of drug-likeness (QED) is 0.310. The lowest BCUT2D eigenvalue weighted by Gasteiger charge is -2.15. The van der Waals surface area contributed by atoms with Crippen LogP contribution in [0.5, 0.6) is 0 Å². The molecule has 0 aliphatic rings. The number of hydrogen-bond donors (Lipinski definition) is 3. The number of methoxy groups -OCH3 is 1. The molecule has 0 spiro atoms. The van der Waals surface area contributed by atoms with Gasteiger partial charge in [0.2, 0.25) is 5.91 Å². The van der Waals surface area contributed by atoms with Crippen molar-refractivity contribution in [1.29, 1.82) is 0 Å². The molecular weight excluding hydrogens is 454 g/mol. The van der Waals surface area contributed by atoms with Crippen LogP contribution >= 0.6 is 0 Å². The van der Waals surface area contributed by atoms with Crippen LogP contribution in [0.3, 0.4) is 0 Å². The lowest BCUT2D eigenvalue weighted by molar-refractivity contribution is -0.140. The highest BCUT2D eigenvalue weighted by Crippen LogP contribution is 2.18. The summed E-state index contributed by atoms with van der Waals surface area (Å²) in [5.74, 6) is -0.155. The third kappa shape index (κ3) is 11.9. The van der Waals surface area contributed by atoms with Gasteiger partial charge in [0.05, 0.1) is 7.11 Å². The molecule has 0 unspecified atom stereocenters. The van der Waals surface area contributed by atoms with Crippen LogP contribution in [0, 0.1) is 13.1 Å². The molecule has 0 radical (unpaired) electrons. The van der Waals surface area contributed by atoms with Gasteiger partial charge >= 0.3 is 5.97 Å². The molecule has 8 nitrogen and oxygen atoms in total. The molecule has 192 valence electrons. The number of esters is 1. The number of ether oxygens (including phenoxy) is 1. The molecule has 0 bridgehead atoms. The van der Waals surface area contributed by atoms with Crippen LogP contribution < -0.4 is 16.0 Å². The van der Waals surface area contributed by atoms with E-state index in [0.717, 1.165) is 28.9 Å². The van der Waals surface area contributed by atoms with E-state index in [1.165, 1.54) is 7.11 Å². The lowest BCUT2D eigenvalue weighted by atomic mass is 10.1. The zero-order chi connectivity index (χ0) is 27.2. The van der Waals surface area contributed by atoms with E-state index in [9.17, 15) is 9.59 Å². The third-order valence-corrected chi connectivity index (χ3v) is 5.13. The largest absolute Gasteiger partial charge is 0.469 e. The molecule has 0 aliphatic carbocycles. The second kappa shape index (κ2) is 14.4. The number of carbonyl (C=O) groups excluding carboxylic acids is 2. The Kier molecular flexibility index (Phi) is 12.0. The van der Waals surface area contributed by atoms with Crippen molar-refractivity contribution in [3.63, 3.8) is 0 Å². The van der Waals surface area contributed by atoms with Crippen molar-refractivity contribution >= 4 is 23.3 Å². The van der Waals surface area contributed by atoms with Crippen molar-refractivity contribution < 1.29 is 14.3 Å². The Morgan fingerprint density at radius 1 is 0.778 bits per heavy atom. The maximum atomic E-state index is 11.1. The van der Waals surface area contributed by atoms with E-state index in [-0.39, 0.29) is 11.9 Å². The molecule has 0 aromatic heterocycles. The lowest BCUT2D eigenvalue weighted by Crippen LogP contribution is -2.25. The summed E-state index contributed by atoms with van der Waals surface area (Å²) in [6.07, 6.45) is 2.28. The Morgan fingerprint density at radius 2 is 1.17 bits per heavy atom. The molecule has 3 N–H and O–H groups in total. The maximum absolute atomic E-state index is 11.1. The van der Waals surface area contributed by atoms with Crippen LogP contribution in [-0.2, 0) is 27.2 Å². The smallest absolute Gasteiger partial charge is 0.305 e. The first-order valence-electron chi connectivity index (χ1n) is 11.7. The standard InChI is InChI=1S/C14H19N3O.C14H18N2O2/c1-14(2,16-4)17-12-8-5-11(6-9-12)7-10-13(18)15-3;1-14(2,15-3)16-12-8-5-11(6-9-12)7-10-13(17)18-4/h5-6,8-9,17H,7,10H2,1-3H3,(H,15,18);5-6,8-9,16H,7,10H2,1-2,4H3. The number of carbonyl (C=O) groups is 2. The van der Waals surface area contributed by atoms with E-state index in [1.807, 2.05) is 76.2 Å². The zero-order valence-corrected chi connectivity index (χ0v) is 22.1. The summed E-state index contributed by atoms with van der Waals surface area (Å²) in [6, 6.07) is 15.6. The fraction of sp³-hybridized carbons (Fsp3) is 0.429. The molecule has 0 aliphatic heterocycles. The van der Waals surface area contributed by atoms with Crippen molar-refractivity contribution in [3.05, 3.63) is 82.5 Å². The number of nitrogens with zero attached hydrogens (tertiary/aromatic N) is 2. The third-order valence-electron chi connectivity index (χ3n) is 5.13. The van der Waals surface area contributed by atoms with Crippen molar-refractivity contribution in [2.75, 3.05) is 24.8 Å². The molecule has 2 aromatic rings. The minimum atomic E-state index is -0.604. The van der Waals surface area contributed by atoms with Crippen LogP contribution in [0.1, 0.15) is 51.7 Å². The van der Waals surface area contributed by atoms with Crippen molar-refractivity contribution in [3.8, 4) is 0 Å². The first-order chi connectivity index (χ1) is 16.9. The van der Waals surface area contributed by atoms with Gasteiger partial charge in [-0.05, 0) is 48.2 Å². The van der Waals surface area contributed by atoms with Crippen LogP contribution in [0.2, 0.25) is 0 Å². The minimum absolute atomic E-state index is 0.0475. The van der Waals surface area contributed by atoms with Gasteiger partial charge in [-0.3, -0.25) is 19.3 Å². The van der Waals surface area contributed by atoms with E-state index < -0.39 is 11.3 Å². The molecule has 0 atom stereocenters. The fourth-order valence-corrected chi connectivity index (χ4v) is 3.00. The van der Waals surface area contributed by atoms with Gasteiger partial charge in [0.1, 0.15) is 0 Å². The summed E-state index contributed by atoms with van der Waals surface area (Å²) in [5.41, 5.74) is 2.81. The number of amides is 1.